The lowest BCUT2D eigenvalue weighted by Gasteiger charge is -2.21. The second-order valence-electron chi connectivity index (χ2n) is 7.13. The number of ether oxygens (including phenoxy) is 2. The van der Waals surface area contributed by atoms with Gasteiger partial charge in [-0.3, -0.25) is 0 Å². The average Bonchev–Trinajstić information content (AvgIpc) is 2.82. The Balaban J connectivity index is 1.32. The molecule has 0 aliphatic heterocycles. The largest absolute Gasteiger partial charge is 0.457 e. The third kappa shape index (κ3) is 6.03. The molecule has 4 rings (SSSR count). The number of anilines is 2. The molecule has 0 radical (unpaired) electrons. The minimum Gasteiger partial charge on any atom is -0.457 e. The van der Waals surface area contributed by atoms with E-state index >= 15 is 0 Å². The van der Waals surface area contributed by atoms with Crippen molar-refractivity contribution in [1.29, 1.82) is 0 Å². The van der Waals surface area contributed by atoms with E-state index in [0.717, 1.165) is 40.8 Å². The zero-order chi connectivity index (χ0) is 21.3. The van der Waals surface area contributed by atoms with Crippen LogP contribution < -0.4 is 20.1 Å². The van der Waals surface area contributed by atoms with Crippen molar-refractivity contribution in [2.75, 3.05) is 10.6 Å². The summed E-state index contributed by atoms with van der Waals surface area (Å²) in [6, 6.07) is 35.6. The molecule has 0 aliphatic rings. The third-order valence-electron chi connectivity index (χ3n) is 4.76. The van der Waals surface area contributed by atoms with Crippen LogP contribution in [-0.2, 0) is 0 Å². The average molecular weight is 411 g/mol. The molecule has 4 heteroatoms. The maximum absolute atomic E-state index is 5.86. The molecule has 4 aromatic rings. The van der Waals surface area contributed by atoms with Crippen LogP contribution in [0.1, 0.15) is 13.3 Å². The molecule has 156 valence electrons. The molecule has 0 aliphatic carbocycles. The Hall–Kier alpha value is -3.92. The molecule has 31 heavy (non-hydrogen) atoms. The van der Waals surface area contributed by atoms with E-state index in [0.29, 0.717) is 0 Å². The van der Waals surface area contributed by atoms with Gasteiger partial charge in [0.05, 0.1) is 6.17 Å². The van der Waals surface area contributed by atoms with Gasteiger partial charge >= 0.3 is 0 Å². The van der Waals surface area contributed by atoms with Crippen molar-refractivity contribution in [2.24, 2.45) is 0 Å². The maximum atomic E-state index is 5.86. The fourth-order valence-electron chi connectivity index (χ4n) is 3.13. The van der Waals surface area contributed by atoms with Crippen LogP contribution in [0.2, 0.25) is 0 Å². The summed E-state index contributed by atoms with van der Waals surface area (Å²) in [7, 11) is 0. The van der Waals surface area contributed by atoms with E-state index in [2.05, 4.69) is 17.6 Å². The maximum Gasteiger partial charge on any atom is 0.127 e. The molecule has 0 heterocycles. The molecule has 0 saturated carbocycles. The molecule has 0 spiro atoms. The van der Waals surface area contributed by atoms with Crippen molar-refractivity contribution >= 4 is 11.4 Å². The van der Waals surface area contributed by atoms with Crippen LogP contribution >= 0.6 is 0 Å². The van der Waals surface area contributed by atoms with Gasteiger partial charge in [0.25, 0.3) is 0 Å². The highest BCUT2D eigenvalue weighted by Gasteiger charge is 2.07. The van der Waals surface area contributed by atoms with E-state index in [1.165, 1.54) is 0 Å². The summed E-state index contributed by atoms with van der Waals surface area (Å²) in [5.41, 5.74) is 2.06. The van der Waals surface area contributed by atoms with Gasteiger partial charge in [0.2, 0.25) is 0 Å². The van der Waals surface area contributed by atoms with Crippen molar-refractivity contribution in [2.45, 2.75) is 19.5 Å². The van der Waals surface area contributed by atoms with Crippen molar-refractivity contribution < 1.29 is 9.47 Å². The van der Waals surface area contributed by atoms with E-state index in [1.807, 2.05) is 109 Å². The summed E-state index contributed by atoms with van der Waals surface area (Å²) < 4.78 is 11.7. The first-order valence-corrected chi connectivity index (χ1v) is 10.5. The second kappa shape index (κ2) is 10.2. The van der Waals surface area contributed by atoms with Crippen LogP contribution in [0, 0.1) is 0 Å². The first-order valence-electron chi connectivity index (χ1n) is 10.5. The lowest BCUT2D eigenvalue weighted by Crippen LogP contribution is -2.27. The summed E-state index contributed by atoms with van der Waals surface area (Å²) in [5.74, 6) is 3.28. The summed E-state index contributed by atoms with van der Waals surface area (Å²) in [4.78, 5) is 0. The van der Waals surface area contributed by atoms with Crippen LogP contribution in [0.4, 0.5) is 11.4 Å². The molecular formula is C27H26N2O2. The minimum absolute atomic E-state index is 0.0989. The standard InChI is InChI=1S/C27H26N2O2/c1-2-27(28-21-13-17-25(18-14-21)30-23-9-5-3-6-10-23)29-22-15-19-26(20-16-22)31-24-11-7-4-8-12-24/h3-20,27-29H,2H2,1H3. The van der Waals surface area contributed by atoms with E-state index in [-0.39, 0.29) is 6.17 Å². The molecule has 2 N–H and O–H groups in total. The Kier molecular flexibility index (Phi) is 6.71. The van der Waals surface area contributed by atoms with Gasteiger partial charge in [0.15, 0.2) is 0 Å². The third-order valence-corrected chi connectivity index (χ3v) is 4.76. The topological polar surface area (TPSA) is 42.5 Å². The molecule has 0 amide bonds. The van der Waals surface area contributed by atoms with E-state index < -0.39 is 0 Å². The van der Waals surface area contributed by atoms with E-state index in [1.54, 1.807) is 0 Å². The zero-order valence-electron chi connectivity index (χ0n) is 17.5. The highest BCUT2D eigenvalue weighted by Crippen LogP contribution is 2.25. The van der Waals surface area contributed by atoms with Gasteiger partial charge in [-0.25, -0.2) is 0 Å². The zero-order valence-corrected chi connectivity index (χ0v) is 17.5. The van der Waals surface area contributed by atoms with Crippen LogP contribution in [0.3, 0.4) is 0 Å². The second-order valence-corrected chi connectivity index (χ2v) is 7.13. The van der Waals surface area contributed by atoms with Gasteiger partial charge in [-0.2, -0.15) is 0 Å². The van der Waals surface area contributed by atoms with Crippen molar-refractivity contribution in [3.05, 3.63) is 109 Å². The Bertz CT molecular complexity index is 963. The molecule has 0 saturated heterocycles. The molecule has 0 atom stereocenters. The first-order chi connectivity index (χ1) is 15.3. The van der Waals surface area contributed by atoms with Gasteiger partial charge in [-0.15, -0.1) is 0 Å². The van der Waals surface area contributed by atoms with E-state index in [4.69, 9.17) is 9.47 Å². The predicted molar refractivity (Wildman–Crippen MR) is 127 cm³/mol. The number of nitrogens with one attached hydrogen (secondary N) is 2. The molecular weight excluding hydrogens is 384 g/mol. The highest BCUT2D eigenvalue weighted by molar-refractivity contribution is 5.52. The fourth-order valence-corrected chi connectivity index (χ4v) is 3.13. The van der Waals surface area contributed by atoms with E-state index in [9.17, 15) is 0 Å². The van der Waals surface area contributed by atoms with Crippen molar-refractivity contribution in [1.82, 2.24) is 0 Å². The molecule has 0 fully saturated rings. The number of para-hydroxylation sites is 2. The van der Waals surface area contributed by atoms with Crippen LogP contribution in [-0.4, -0.2) is 6.17 Å². The quantitative estimate of drug-likeness (QED) is 0.280. The molecule has 0 aromatic heterocycles. The molecule has 4 aromatic carbocycles. The van der Waals surface area contributed by atoms with Crippen LogP contribution in [0.15, 0.2) is 109 Å². The van der Waals surface area contributed by atoms with Gasteiger partial charge in [0.1, 0.15) is 23.0 Å². The number of benzene rings is 4. The summed E-state index contributed by atoms with van der Waals surface area (Å²) in [5, 5.41) is 7.05. The summed E-state index contributed by atoms with van der Waals surface area (Å²) in [6.07, 6.45) is 1.02. The van der Waals surface area contributed by atoms with Gasteiger partial charge < -0.3 is 20.1 Å². The lowest BCUT2D eigenvalue weighted by atomic mass is 10.2. The minimum atomic E-state index is 0.0989. The van der Waals surface area contributed by atoms with Crippen LogP contribution in [0.25, 0.3) is 0 Å². The SMILES string of the molecule is CCC(Nc1ccc(Oc2ccccc2)cc1)Nc1ccc(Oc2ccccc2)cc1. The molecule has 0 bridgehead atoms. The Morgan fingerprint density at radius 1 is 0.516 bits per heavy atom. The Labute approximate surface area is 183 Å². The summed E-state index contributed by atoms with van der Waals surface area (Å²) >= 11 is 0. The fraction of sp³-hybridized carbons (Fsp3) is 0.111. The van der Waals surface area contributed by atoms with Gasteiger partial charge in [-0.1, -0.05) is 43.3 Å². The van der Waals surface area contributed by atoms with Crippen LogP contribution in [0.5, 0.6) is 23.0 Å². The molecule has 0 unspecified atom stereocenters. The lowest BCUT2D eigenvalue weighted by molar-refractivity contribution is 0.482. The summed E-state index contributed by atoms with van der Waals surface area (Å²) in [6.45, 7) is 2.14. The monoisotopic (exact) mass is 410 g/mol. The molecule has 4 nitrogen and oxygen atoms in total. The Morgan fingerprint density at radius 3 is 1.23 bits per heavy atom. The highest BCUT2D eigenvalue weighted by atomic mass is 16.5. The van der Waals surface area contributed by atoms with Crippen molar-refractivity contribution in [3.8, 4) is 23.0 Å². The van der Waals surface area contributed by atoms with Crippen molar-refractivity contribution in [3.63, 3.8) is 0 Å². The smallest absolute Gasteiger partial charge is 0.127 e. The first kappa shape index (κ1) is 20.4. The number of hydrogen-bond acceptors (Lipinski definition) is 4. The van der Waals surface area contributed by atoms with Gasteiger partial charge in [0, 0.05) is 11.4 Å². The normalized spacial score (nSPS) is 10.5. The number of rotatable bonds is 9. The Morgan fingerprint density at radius 2 is 0.871 bits per heavy atom. The predicted octanol–water partition coefficient (Wildman–Crippen LogP) is 7.53. The van der Waals surface area contributed by atoms with Gasteiger partial charge in [-0.05, 0) is 79.2 Å². The number of hydrogen-bond donors (Lipinski definition) is 2.